The number of nitrogens with zero attached hydrogens (tertiary/aromatic N) is 1. The number of likely N-dealkylation sites (N-methyl/N-ethyl adjacent to an activating group) is 1. The summed E-state index contributed by atoms with van der Waals surface area (Å²) in [6.07, 6.45) is 0.0202. The van der Waals surface area contributed by atoms with Gasteiger partial charge < -0.3 is 14.4 Å². The second kappa shape index (κ2) is 9.46. The van der Waals surface area contributed by atoms with E-state index in [1.54, 1.807) is 32.4 Å². The Morgan fingerprint density at radius 2 is 1.65 bits per heavy atom. The first-order valence-corrected chi connectivity index (χ1v) is 8.61. The first kappa shape index (κ1) is 20.1. The van der Waals surface area contributed by atoms with Crippen LogP contribution in [0.15, 0.2) is 42.5 Å². The van der Waals surface area contributed by atoms with Gasteiger partial charge in [-0.3, -0.25) is 9.59 Å². The Balaban J connectivity index is 1.80. The van der Waals surface area contributed by atoms with Gasteiger partial charge in [-0.15, -0.1) is 0 Å². The number of hydrogen-bond acceptors (Lipinski definition) is 4. The summed E-state index contributed by atoms with van der Waals surface area (Å²) in [5.74, 6) is -0.0446. The minimum Gasteiger partial charge on any atom is -0.497 e. The van der Waals surface area contributed by atoms with Gasteiger partial charge in [0, 0.05) is 13.6 Å². The molecular weight excluding hydrogens is 377 g/mol. The summed E-state index contributed by atoms with van der Waals surface area (Å²) in [6, 6.07) is 12.3. The van der Waals surface area contributed by atoms with Gasteiger partial charge in [0.1, 0.15) is 5.75 Å². The number of methoxy groups -OCH3 is 1. The van der Waals surface area contributed by atoms with E-state index in [-0.39, 0.29) is 18.9 Å². The molecule has 0 fully saturated rings. The molecule has 0 atom stereocenters. The predicted octanol–water partition coefficient (Wildman–Crippen LogP) is 3.75. The van der Waals surface area contributed by atoms with Crippen LogP contribution in [0.25, 0.3) is 0 Å². The van der Waals surface area contributed by atoms with E-state index in [0.717, 1.165) is 11.3 Å². The maximum atomic E-state index is 12.1. The van der Waals surface area contributed by atoms with E-state index in [9.17, 15) is 9.59 Å². The molecule has 2 rings (SSSR count). The third-order valence-corrected chi connectivity index (χ3v) is 4.43. The third-order valence-electron chi connectivity index (χ3n) is 3.69. The first-order valence-electron chi connectivity index (χ1n) is 7.85. The summed E-state index contributed by atoms with van der Waals surface area (Å²) in [5, 5.41) is 0.784. The Morgan fingerprint density at radius 3 is 2.27 bits per heavy atom. The normalized spacial score (nSPS) is 10.3. The van der Waals surface area contributed by atoms with Crippen molar-refractivity contribution in [2.24, 2.45) is 0 Å². The van der Waals surface area contributed by atoms with Crippen molar-refractivity contribution in [1.82, 2.24) is 4.90 Å². The lowest BCUT2D eigenvalue weighted by Gasteiger charge is -2.17. The molecule has 7 heteroatoms. The lowest BCUT2D eigenvalue weighted by Crippen LogP contribution is -2.31. The van der Waals surface area contributed by atoms with Gasteiger partial charge in [-0.2, -0.15) is 0 Å². The monoisotopic (exact) mass is 395 g/mol. The lowest BCUT2D eigenvalue weighted by molar-refractivity contribution is -0.151. The number of rotatable bonds is 7. The molecule has 2 aromatic carbocycles. The SMILES string of the molecule is COc1ccc(CN(C)C(=O)COC(=O)Cc2ccc(Cl)c(Cl)c2)cc1. The van der Waals surface area contributed by atoms with Crippen LogP contribution in [0.4, 0.5) is 0 Å². The molecule has 5 nitrogen and oxygen atoms in total. The fourth-order valence-corrected chi connectivity index (χ4v) is 2.53. The number of halogens is 2. The molecule has 0 aliphatic carbocycles. The van der Waals surface area contributed by atoms with E-state index in [2.05, 4.69) is 0 Å². The van der Waals surface area contributed by atoms with E-state index in [1.165, 1.54) is 4.90 Å². The minimum atomic E-state index is -0.505. The fraction of sp³-hybridized carbons (Fsp3) is 0.263. The molecule has 0 radical (unpaired) electrons. The first-order chi connectivity index (χ1) is 12.4. The zero-order valence-electron chi connectivity index (χ0n) is 14.5. The second-order valence-electron chi connectivity index (χ2n) is 5.68. The summed E-state index contributed by atoms with van der Waals surface area (Å²) in [5.41, 5.74) is 1.62. The van der Waals surface area contributed by atoms with E-state index in [0.29, 0.717) is 22.2 Å². The highest BCUT2D eigenvalue weighted by Crippen LogP contribution is 2.22. The van der Waals surface area contributed by atoms with Gasteiger partial charge in [0.25, 0.3) is 5.91 Å². The fourth-order valence-electron chi connectivity index (χ4n) is 2.21. The molecule has 2 aromatic rings. The van der Waals surface area contributed by atoms with E-state index in [4.69, 9.17) is 32.7 Å². The van der Waals surface area contributed by atoms with Crippen molar-refractivity contribution in [1.29, 1.82) is 0 Å². The van der Waals surface area contributed by atoms with Crippen molar-refractivity contribution in [3.05, 3.63) is 63.6 Å². The Hall–Kier alpha value is -2.24. The topological polar surface area (TPSA) is 55.8 Å². The molecule has 138 valence electrons. The maximum Gasteiger partial charge on any atom is 0.310 e. The molecular formula is C19H19Cl2NO4. The summed E-state index contributed by atoms with van der Waals surface area (Å²) in [7, 11) is 3.25. The van der Waals surface area contributed by atoms with Crippen LogP contribution in [0.1, 0.15) is 11.1 Å². The van der Waals surface area contributed by atoms with Gasteiger partial charge in [0.05, 0.1) is 23.6 Å². The van der Waals surface area contributed by atoms with E-state index in [1.807, 2.05) is 24.3 Å². The van der Waals surface area contributed by atoms with E-state index >= 15 is 0 Å². The smallest absolute Gasteiger partial charge is 0.310 e. The summed E-state index contributed by atoms with van der Waals surface area (Å²) >= 11 is 11.7. The van der Waals surface area contributed by atoms with Gasteiger partial charge in [-0.1, -0.05) is 41.4 Å². The average Bonchev–Trinajstić information content (AvgIpc) is 2.63. The maximum absolute atomic E-state index is 12.1. The standard InChI is InChI=1S/C19H19Cl2NO4/c1-22(11-13-3-6-15(25-2)7-4-13)18(23)12-26-19(24)10-14-5-8-16(20)17(21)9-14/h3-9H,10-12H2,1-2H3. The Kier molecular flexibility index (Phi) is 7.30. The van der Waals surface area contributed by atoms with Crippen LogP contribution in [-0.2, 0) is 27.3 Å². The quantitative estimate of drug-likeness (QED) is 0.669. The number of carbonyl (C=O) groups excluding carboxylic acids is 2. The molecule has 0 aliphatic heterocycles. The highest BCUT2D eigenvalue weighted by Gasteiger charge is 2.13. The van der Waals surface area contributed by atoms with Crippen LogP contribution >= 0.6 is 23.2 Å². The van der Waals surface area contributed by atoms with Crippen molar-refractivity contribution < 1.29 is 19.1 Å². The van der Waals surface area contributed by atoms with Gasteiger partial charge >= 0.3 is 5.97 Å². The molecule has 0 spiro atoms. The minimum absolute atomic E-state index is 0.0202. The second-order valence-corrected chi connectivity index (χ2v) is 6.50. The van der Waals surface area contributed by atoms with Crippen LogP contribution < -0.4 is 4.74 Å². The highest BCUT2D eigenvalue weighted by molar-refractivity contribution is 6.42. The van der Waals surface area contributed by atoms with Gasteiger partial charge in [-0.25, -0.2) is 0 Å². The molecule has 0 unspecified atom stereocenters. The van der Waals surface area contributed by atoms with Crippen LogP contribution in [-0.4, -0.2) is 37.5 Å². The van der Waals surface area contributed by atoms with Gasteiger partial charge in [-0.05, 0) is 35.4 Å². The number of benzene rings is 2. The zero-order valence-corrected chi connectivity index (χ0v) is 16.0. The van der Waals surface area contributed by atoms with Crippen molar-refractivity contribution in [2.75, 3.05) is 20.8 Å². The Morgan fingerprint density at radius 1 is 1.00 bits per heavy atom. The number of ether oxygens (including phenoxy) is 2. The van der Waals surface area contributed by atoms with Crippen molar-refractivity contribution in [3.8, 4) is 5.75 Å². The molecule has 1 amide bonds. The molecule has 26 heavy (non-hydrogen) atoms. The van der Waals surface area contributed by atoms with Crippen LogP contribution in [0, 0.1) is 0 Å². The summed E-state index contributed by atoms with van der Waals surface area (Å²) in [4.78, 5) is 25.5. The number of carbonyl (C=O) groups is 2. The number of esters is 1. The summed E-state index contributed by atoms with van der Waals surface area (Å²) < 4.78 is 10.1. The van der Waals surface area contributed by atoms with Crippen molar-refractivity contribution in [3.63, 3.8) is 0 Å². The Bertz CT molecular complexity index is 778. The zero-order chi connectivity index (χ0) is 19.1. The van der Waals surface area contributed by atoms with Crippen LogP contribution in [0.3, 0.4) is 0 Å². The molecule has 0 aromatic heterocycles. The van der Waals surface area contributed by atoms with Crippen LogP contribution in [0.5, 0.6) is 5.75 Å². The molecule has 0 aliphatic rings. The largest absolute Gasteiger partial charge is 0.497 e. The molecule has 0 N–H and O–H groups in total. The third kappa shape index (κ3) is 5.93. The lowest BCUT2D eigenvalue weighted by atomic mass is 10.1. The summed E-state index contributed by atoms with van der Waals surface area (Å²) in [6.45, 7) is 0.0972. The van der Waals surface area contributed by atoms with E-state index < -0.39 is 5.97 Å². The van der Waals surface area contributed by atoms with Crippen LogP contribution in [0.2, 0.25) is 10.0 Å². The van der Waals surface area contributed by atoms with Gasteiger partial charge in [0.2, 0.25) is 0 Å². The molecule has 0 heterocycles. The number of amides is 1. The average molecular weight is 396 g/mol. The van der Waals surface area contributed by atoms with Gasteiger partial charge in [0.15, 0.2) is 6.61 Å². The molecule has 0 saturated carbocycles. The Labute approximate surface area is 162 Å². The molecule has 0 saturated heterocycles. The van der Waals surface area contributed by atoms with Crippen molar-refractivity contribution >= 4 is 35.1 Å². The number of hydrogen-bond donors (Lipinski definition) is 0. The highest BCUT2D eigenvalue weighted by atomic mass is 35.5. The predicted molar refractivity (Wildman–Crippen MR) is 101 cm³/mol. The molecule has 0 bridgehead atoms. The van der Waals surface area contributed by atoms with Crippen molar-refractivity contribution in [2.45, 2.75) is 13.0 Å².